The molecule has 0 saturated carbocycles. The summed E-state index contributed by atoms with van der Waals surface area (Å²) >= 11 is 0. The highest BCUT2D eigenvalue weighted by molar-refractivity contribution is 4.93. The zero-order valence-electron chi connectivity index (χ0n) is 6.91. The van der Waals surface area contributed by atoms with Gasteiger partial charge in [0.15, 0.2) is 0 Å². The maximum Gasteiger partial charge on any atom is 0.109 e. The zero-order valence-corrected chi connectivity index (χ0v) is 6.91. The lowest BCUT2D eigenvalue weighted by Crippen LogP contribution is -2.34. The van der Waals surface area contributed by atoms with Gasteiger partial charge < -0.3 is 4.57 Å². The van der Waals surface area contributed by atoms with Crippen molar-refractivity contribution in [3.05, 3.63) is 18.2 Å². The lowest BCUT2D eigenvalue weighted by atomic mass is 10.2. The van der Waals surface area contributed by atoms with Crippen molar-refractivity contribution in [2.24, 2.45) is 12.9 Å². The molecule has 11 heavy (non-hydrogen) atoms. The fraction of sp³-hybridized carbons (Fsp3) is 0.571. The molecule has 1 heterocycles. The molecule has 1 aromatic heterocycles. The van der Waals surface area contributed by atoms with E-state index in [2.05, 4.69) is 10.4 Å². The molecular formula is C7H14N4. The molecule has 0 radical (unpaired) electrons. The largest absolute Gasteiger partial charge is 0.338 e. The first-order valence-corrected chi connectivity index (χ1v) is 3.66. The first kappa shape index (κ1) is 8.23. The van der Waals surface area contributed by atoms with E-state index >= 15 is 0 Å². The molecule has 0 saturated heterocycles. The molecule has 0 amide bonds. The van der Waals surface area contributed by atoms with Crippen LogP contribution in [0.3, 0.4) is 0 Å². The number of aromatic nitrogens is 2. The van der Waals surface area contributed by atoms with Crippen molar-refractivity contribution in [3.8, 4) is 0 Å². The third-order valence-electron chi connectivity index (χ3n) is 1.69. The number of hydrogen-bond donors (Lipinski definition) is 2. The Bertz CT molecular complexity index is 218. The normalized spacial score (nSPS) is 13.4. The standard InChI is InChI=1S/C7H14N4/c1-6(10-8)5-7-9-3-4-11(7)2/h3-4,6,10H,5,8H2,1-2H3. The van der Waals surface area contributed by atoms with Crippen molar-refractivity contribution in [1.29, 1.82) is 0 Å². The Balaban J connectivity index is 2.56. The summed E-state index contributed by atoms with van der Waals surface area (Å²) in [4.78, 5) is 4.17. The van der Waals surface area contributed by atoms with Crippen molar-refractivity contribution in [2.45, 2.75) is 19.4 Å². The summed E-state index contributed by atoms with van der Waals surface area (Å²) < 4.78 is 1.99. The van der Waals surface area contributed by atoms with Gasteiger partial charge in [-0.25, -0.2) is 4.98 Å². The molecule has 0 aliphatic rings. The molecule has 0 fully saturated rings. The van der Waals surface area contributed by atoms with E-state index in [0.29, 0.717) is 0 Å². The Hall–Kier alpha value is -0.870. The lowest BCUT2D eigenvalue weighted by molar-refractivity contribution is 0.545. The molecule has 0 aromatic carbocycles. The van der Waals surface area contributed by atoms with Gasteiger partial charge in [0.05, 0.1) is 0 Å². The van der Waals surface area contributed by atoms with Gasteiger partial charge in [0.1, 0.15) is 5.82 Å². The number of imidazole rings is 1. The van der Waals surface area contributed by atoms with Crippen molar-refractivity contribution in [3.63, 3.8) is 0 Å². The molecule has 4 nitrogen and oxygen atoms in total. The zero-order chi connectivity index (χ0) is 8.27. The molecule has 1 rings (SSSR count). The van der Waals surface area contributed by atoms with E-state index < -0.39 is 0 Å². The van der Waals surface area contributed by atoms with Crippen LogP contribution in [-0.2, 0) is 13.5 Å². The van der Waals surface area contributed by atoms with Crippen LogP contribution in [0.5, 0.6) is 0 Å². The Labute approximate surface area is 66.4 Å². The second kappa shape index (κ2) is 3.50. The highest BCUT2D eigenvalue weighted by Gasteiger charge is 2.03. The summed E-state index contributed by atoms with van der Waals surface area (Å²) in [6.45, 7) is 2.02. The summed E-state index contributed by atoms with van der Waals surface area (Å²) in [6, 6.07) is 0.274. The van der Waals surface area contributed by atoms with Crippen LogP contribution in [0.4, 0.5) is 0 Å². The van der Waals surface area contributed by atoms with E-state index in [-0.39, 0.29) is 6.04 Å². The van der Waals surface area contributed by atoms with Gasteiger partial charge in [-0.15, -0.1) is 0 Å². The second-order valence-corrected chi connectivity index (χ2v) is 2.73. The Morgan fingerprint density at radius 1 is 1.82 bits per heavy atom. The third kappa shape index (κ3) is 2.03. The summed E-state index contributed by atoms with van der Waals surface area (Å²) in [7, 11) is 1.98. The molecule has 0 spiro atoms. The van der Waals surface area contributed by atoms with Gasteiger partial charge in [-0.1, -0.05) is 0 Å². The molecule has 1 aromatic rings. The molecule has 1 atom stereocenters. The van der Waals surface area contributed by atoms with Crippen LogP contribution in [0, 0.1) is 0 Å². The minimum atomic E-state index is 0.274. The Kier molecular flexibility index (Phi) is 2.62. The van der Waals surface area contributed by atoms with Crippen LogP contribution < -0.4 is 11.3 Å². The summed E-state index contributed by atoms with van der Waals surface area (Å²) in [6.07, 6.45) is 4.58. The SMILES string of the molecule is CC(Cc1nccn1C)NN. The summed E-state index contributed by atoms with van der Waals surface area (Å²) in [5.74, 6) is 6.30. The van der Waals surface area contributed by atoms with Crippen LogP contribution >= 0.6 is 0 Å². The van der Waals surface area contributed by atoms with E-state index in [1.807, 2.05) is 24.7 Å². The van der Waals surface area contributed by atoms with E-state index in [9.17, 15) is 0 Å². The first-order chi connectivity index (χ1) is 5.24. The predicted octanol–water partition coefficient (Wildman–Crippen LogP) is -0.186. The molecule has 0 aliphatic heterocycles. The minimum absolute atomic E-state index is 0.274. The number of aryl methyl sites for hydroxylation is 1. The second-order valence-electron chi connectivity index (χ2n) is 2.73. The lowest BCUT2D eigenvalue weighted by Gasteiger charge is -2.08. The van der Waals surface area contributed by atoms with Crippen molar-refractivity contribution >= 4 is 0 Å². The van der Waals surface area contributed by atoms with Crippen molar-refractivity contribution in [1.82, 2.24) is 15.0 Å². The Morgan fingerprint density at radius 3 is 3.00 bits per heavy atom. The summed E-state index contributed by atoms with van der Waals surface area (Å²) in [5, 5.41) is 0. The fourth-order valence-corrected chi connectivity index (χ4v) is 0.926. The molecule has 4 heteroatoms. The van der Waals surface area contributed by atoms with Crippen molar-refractivity contribution in [2.75, 3.05) is 0 Å². The molecule has 62 valence electrons. The maximum absolute atomic E-state index is 5.25. The molecule has 0 aliphatic carbocycles. The van der Waals surface area contributed by atoms with E-state index in [1.165, 1.54) is 0 Å². The molecule has 0 bridgehead atoms. The van der Waals surface area contributed by atoms with Crippen molar-refractivity contribution < 1.29 is 0 Å². The molecular weight excluding hydrogens is 140 g/mol. The number of nitrogens with one attached hydrogen (secondary N) is 1. The van der Waals surface area contributed by atoms with E-state index in [4.69, 9.17) is 5.84 Å². The minimum Gasteiger partial charge on any atom is -0.338 e. The van der Waals surface area contributed by atoms with Crippen LogP contribution in [0.2, 0.25) is 0 Å². The average molecular weight is 154 g/mol. The summed E-state index contributed by atoms with van der Waals surface area (Å²) in [5.41, 5.74) is 2.68. The predicted molar refractivity (Wildman–Crippen MR) is 43.7 cm³/mol. The first-order valence-electron chi connectivity index (χ1n) is 3.66. The van der Waals surface area contributed by atoms with Gasteiger partial charge in [-0.3, -0.25) is 11.3 Å². The van der Waals surface area contributed by atoms with Crippen LogP contribution in [0.25, 0.3) is 0 Å². The van der Waals surface area contributed by atoms with Gasteiger partial charge in [0.25, 0.3) is 0 Å². The van der Waals surface area contributed by atoms with Gasteiger partial charge in [0, 0.05) is 31.9 Å². The number of hydrogen-bond acceptors (Lipinski definition) is 3. The van der Waals surface area contributed by atoms with Crippen LogP contribution in [0.1, 0.15) is 12.7 Å². The molecule has 3 N–H and O–H groups in total. The quantitative estimate of drug-likeness (QED) is 0.469. The monoisotopic (exact) mass is 154 g/mol. The maximum atomic E-state index is 5.25. The smallest absolute Gasteiger partial charge is 0.109 e. The average Bonchev–Trinajstić information content (AvgIpc) is 2.37. The third-order valence-corrected chi connectivity index (χ3v) is 1.69. The van der Waals surface area contributed by atoms with Gasteiger partial charge >= 0.3 is 0 Å². The van der Waals surface area contributed by atoms with Crippen LogP contribution in [0.15, 0.2) is 12.4 Å². The number of nitrogens with zero attached hydrogens (tertiary/aromatic N) is 2. The van der Waals surface area contributed by atoms with E-state index in [1.54, 1.807) is 6.20 Å². The van der Waals surface area contributed by atoms with Gasteiger partial charge in [-0.05, 0) is 6.92 Å². The van der Waals surface area contributed by atoms with Crippen LogP contribution in [-0.4, -0.2) is 15.6 Å². The van der Waals surface area contributed by atoms with Gasteiger partial charge in [-0.2, -0.15) is 0 Å². The number of nitrogens with two attached hydrogens (primary N) is 1. The highest BCUT2D eigenvalue weighted by Crippen LogP contribution is 1.97. The number of rotatable bonds is 3. The highest BCUT2D eigenvalue weighted by atomic mass is 15.2. The fourth-order valence-electron chi connectivity index (χ4n) is 0.926. The topological polar surface area (TPSA) is 55.9 Å². The Morgan fingerprint density at radius 2 is 2.55 bits per heavy atom. The molecule has 1 unspecified atom stereocenters. The number of hydrazine groups is 1. The van der Waals surface area contributed by atoms with E-state index in [0.717, 1.165) is 12.2 Å². The van der Waals surface area contributed by atoms with Gasteiger partial charge in [0.2, 0.25) is 0 Å².